The third-order valence-electron chi connectivity index (χ3n) is 4.39. The van der Waals surface area contributed by atoms with Crippen molar-refractivity contribution in [3.05, 3.63) is 77.0 Å². The number of nitrogens with one attached hydrogen (secondary N) is 3. The van der Waals surface area contributed by atoms with Gasteiger partial charge in [0.1, 0.15) is 12.4 Å². The maximum atomic E-state index is 13.0. The molecule has 1 atom stereocenters. The first kappa shape index (κ1) is 20.3. The summed E-state index contributed by atoms with van der Waals surface area (Å²) >= 11 is 5.26. The van der Waals surface area contributed by atoms with E-state index in [1.54, 1.807) is 31.2 Å². The molecule has 1 aliphatic heterocycles. The second-order valence-corrected chi connectivity index (χ2v) is 6.85. The summed E-state index contributed by atoms with van der Waals surface area (Å²) in [7, 11) is 0. The number of benzene rings is 2. The highest BCUT2D eigenvalue weighted by Crippen LogP contribution is 2.33. The number of rotatable bonds is 7. The van der Waals surface area contributed by atoms with Crippen molar-refractivity contribution in [1.29, 1.82) is 0 Å². The molecule has 7 nitrogen and oxygen atoms in total. The number of para-hydroxylation sites is 1. The number of thiocarbonyl (C=S) groups is 1. The van der Waals surface area contributed by atoms with Crippen molar-refractivity contribution in [2.24, 2.45) is 0 Å². The van der Waals surface area contributed by atoms with Gasteiger partial charge in [-0.2, -0.15) is 0 Å². The first-order chi connectivity index (χ1) is 14.0. The van der Waals surface area contributed by atoms with Gasteiger partial charge >= 0.3 is 0 Å². The second-order valence-electron chi connectivity index (χ2n) is 6.44. The molecule has 1 heterocycles. The quantitative estimate of drug-likeness (QED) is 0.584. The lowest BCUT2D eigenvalue weighted by molar-refractivity contribution is -0.307. The number of carboxylic acids is 1. The number of hydrogen-bond acceptors (Lipinski definition) is 5. The molecule has 1 amide bonds. The summed E-state index contributed by atoms with van der Waals surface area (Å²) in [5, 5.41) is 20.1. The van der Waals surface area contributed by atoms with E-state index in [0.29, 0.717) is 34.2 Å². The summed E-state index contributed by atoms with van der Waals surface area (Å²) in [4.78, 5) is 23.8. The Hall–Kier alpha value is -3.39. The smallest absolute Gasteiger partial charge is 0.251 e. The van der Waals surface area contributed by atoms with Gasteiger partial charge < -0.3 is 30.6 Å². The van der Waals surface area contributed by atoms with Crippen molar-refractivity contribution in [3.8, 4) is 5.75 Å². The van der Waals surface area contributed by atoms with Crippen molar-refractivity contribution in [3.63, 3.8) is 0 Å². The molecule has 8 heteroatoms. The Morgan fingerprint density at radius 1 is 1.14 bits per heavy atom. The molecule has 0 fully saturated rings. The Morgan fingerprint density at radius 2 is 1.83 bits per heavy atom. The summed E-state index contributed by atoms with van der Waals surface area (Å²) in [6, 6.07) is 15.9. The van der Waals surface area contributed by atoms with E-state index in [-0.39, 0.29) is 5.91 Å². The molecule has 3 rings (SSSR count). The zero-order valence-corrected chi connectivity index (χ0v) is 16.5. The minimum absolute atomic E-state index is 0.270. The zero-order chi connectivity index (χ0) is 20.8. The largest absolute Gasteiger partial charge is 0.546 e. The average molecular weight is 410 g/mol. The van der Waals surface area contributed by atoms with E-state index >= 15 is 0 Å². The molecule has 29 heavy (non-hydrogen) atoms. The third kappa shape index (κ3) is 5.11. The van der Waals surface area contributed by atoms with Gasteiger partial charge in [0.2, 0.25) is 0 Å². The van der Waals surface area contributed by atoms with Crippen molar-refractivity contribution < 1.29 is 19.4 Å². The monoisotopic (exact) mass is 410 g/mol. The molecular weight excluding hydrogens is 390 g/mol. The summed E-state index contributed by atoms with van der Waals surface area (Å²) < 4.78 is 5.36. The maximum Gasteiger partial charge on any atom is 0.251 e. The van der Waals surface area contributed by atoms with Crippen LogP contribution in [0.25, 0.3) is 0 Å². The molecule has 3 N–H and O–H groups in total. The SMILES string of the molecule is CC1=C(C(=O)NCc2ccccc2)[C@H](c2ccccc2OCC(=O)[O-])NC(=S)N1. The Bertz CT molecular complexity index is 959. The van der Waals surface area contributed by atoms with Gasteiger partial charge in [-0.05, 0) is 30.8 Å². The van der Waals surface area contributed by atoms with Crippen LogP contribution >= 0.6 is 12.2 Å². The van der Waals surface area contributed by atoms with Gasteiger partial charge in [-0.25, -0.2) is 0 Å². The molecule has 1 aliphatic rings. The molecule has 0 unspecified atom stereocenters. The van der Waals surface area contributed by atoms with Crippen molar-refractivity contribution in [1.82, 2.24) is 16.0 Å². The molecule has 150 valence electrons. The second kappa shape index (κ2) is 9.20. The first-order valence-electron chi connectivity index (χ1n) is 8.97. The molecule has 0 radical (unpaired) electrons. The molecule has 0 saturated carbocycles. The fraction of sp³-hybridized carbons (Fsp3) is 0.190. The first-order valence-corrected chi connectivity index (χ1v) is 9.38. The number of carboxylic acid groups (broad SMARTS) is 1. The lowest BCUT2D eigenvalue weighted by atomic mass is 9.94. The minimum Gasteiger partial charge on any atom is -0.546 e. The lowest BCUT2D eigenvalue weighted by Crippen LogP contribution is -2.46. The van der Waals surface area contributed by atoms with E-state index in [0.717, 1.165) is 5.56 Å². The van der Waals surface area contributed by atoms with Crippen LogP contribution in [-0.2, 0) is 16.1 Å². The van der Waals surface area contributed by atoms with E-state index in [9.17, 15) is 14.7 Å². The zero-order valence-electron chi connectivity index (χ0n) is 15.7. The maximum absolute atomic E-state index is 13.0. The van der Waals surface area contributed by atoms with Crippen LogP contribution in [0.2, 0.25) is 0 Å². The van der Waals surface area contributed by atoms with Gasteiger partial charge in [0.25, 0.3) is 5.91 Å². The van der Waals surface area contributed by atoms with E-state index in [2.05, 4.69) is 16.0 Å². The Balaban J connectivity index is 1.88. The standard InChI is InChI=1S/C21H21N3O4S/c1-13-18(20(27)22-11-14-7-3-2-4-8-14)19(24-21(29)23-13)15-9-5-6-10-16(15)28-12-17(25)26/h2-10,19H,11-12H2,1H3,(H,22,27)(H,25,26)(H2,23,24,29)/p-1/t19-/m0/s1. The van der Waals surface area contributed by atoms with E-state index in [1.165, 1.54) is 0 Å². The van der Waals surface area contributed by atoms with E-state index in [1.807, 2.05) is 30.3 Å². The fourth-order valence-corrected chi connectivity index (χ4v) is 3.36. The van der Waals surface area contributed by atoms with Crippen LogP contribution in [0.5, 0.6) is 5.75 Å². The predicted octanol–water partition coefficient (Wildman–Crippen LogP) is 0.924. The van der Waals surface area contributed by atoms with Gasteiger partial charge in [0, 0.05) is 17.8 Å². The van der Waals surface area contributed by atoms with Crippen LogP contribution in [0.3, 0.4) is 0 Å². The molecule has 2 aromatic carbocycles. The van der Waals surface area contributed by atoms with Crippen molar-refractivity contribution in [2.75, 3.05) is 6.61 Å². The number of hydrogen-bond donors (Lipinski definition) is 3. The summed E-state index contributed by atoms with van der Waals surface area (Å²) in [6.45, 7) is 1.54. The molecule has 0 spiro atoms. The normalized spacial score (nSPS) is 15.9. The van der Waals surface area contributed by atoms with Crippen LogP contribution in [-0.4, -0.2) is 23.6 Å². The van der Waals surface area contributed by atoms with E-state index in [4.69, 9.17) is 17.0 Å². The lowest BCUT2D eigenvalue weighted by Gasteiger charge is -2.31. The molecular formula is C21H20N3O4S-. The number of amides is 1. The summed E-state index contributed by atoms with van der Waals surface area (Å²) in [5.74, 6) is -1.27. The van der Waals surface area contributed by atoms with Crippen molar-refractivity contribution >= 4 is 29.2 Å². The Morgan fingerprint density at radius 3 is 2.55 bits per heavy atom. The number of aliphatic carboxylic acids is 1. The minimum atomic E-state index is -1.33. The Labute approximate surface area is 173 Å². The van der Waals surface area contributed by atoms with E-state index < -0.39 is 18.6 Å². The van der Waals surface area contributed by atoms with Crippen LogP contribution in [0, 0.1) is 0 Å². The van der Waals surface area contributed by atoms with Crippen LogP contribution < -0.4 is 25.8 Å². The van der Waals surface area contributed by atoms with Gasteiger partial charge in [-0.1, -0.05) is 48.5 Å². The highest BCUT2D eigenvalue weighted by atomic mass is 32.1. The van der Waals surface area contributed by atoms with Gasteiger partial charge in [0.05, 0.1) is 17.6 Å². The molecule has 2 aromatic rings. The Kier molecular flexibility index (Phi) is 6.46. The number of allylic oxidation sites excluding steroid dienone is 1. The summed E-state index contributed by atoms with van der Waals surface area (Å²) in [6.07, 6.45) is 0. The van der Waals surface area contributed by atoms with Crippen LogP contribution in [0.4, 0.5) is 0 Å². The number of carbonyl (C=O) groups excluding carboxylic acids is 2. The molecule has 0 bridgehead atoms. The molecule has 0 aromatic heterocycles. The number of ether oxygens (including phenoxy) is 1. The highest BCUT2D eigenvalue weighted by molar-refractivity contribution is 7.80. The highest BCUT2D eigenvalue weighted by Gasteiger charge is 2.31. The molecule has 0 aliphatic carbocycles. The van der Waals surface area contributed by atoms with Crippen LogP contribution in [0.15, 0.2) is 65.9 Å². The fourth-order valence-electron chi connectivity index (χ4n) is 3.09. The summed E-state index contributed by atoms with van der Waals surface area (Å²) in [5.41, 5.74) is 2.63. The van der Waals surface area contributed by atoms with Crippen LogP contribution in [0.1, 0.15) is 24.1 Å². The topological polar surface area (TPSA) is 103 Å². The van der Waals surface area contributed by atoms with Gasteiger partial charge in [-0.15, -0.1) is 0 Å². The number of carbonyl (C=O) groups is 2. The predicted molar refractivity (Wildman–Crippen MR) is 110 cm³/mol. The third-order valence-corrected chi connectivity index (χ3v) is 4.61. The van der Waals surface area contributed by atoms with Gasteiger partial charge in [0.15, 0.2) is 5.11 Å². The average Bonchev–Trinajstić information content (AvgIpc) is 2.71. The van der Waals surface area contributed by atoms with Gasteiger partial charge in [-0.3, -0.25) is 4.79 Å². The van der Waals surface area contributed by atoms with Crippen molar-refractivity contribution in [2.45, 2.75) is 19.5 Å². The molecule has 0 saturated heterocycles.